The summed E-state index contributed by atoms with van der Waals surface area (Å²) in [4.78, 5) is 7.28. The SMILES string of the molecule is CCN(CC)S(=O)(=O)c1ccc2c(c1)nc(-c1ccc(C)s1)n2C. The van der Waals surface area contributed by atoms with Gasteiger partial charge in [0.15, 0.2) is 5.82 Å². The van der Waals surface area contributed by atoms with Crippen molar-refractivity contribution >= 4 is 32.4 Å². The summed E-state index contributed by atoms with van der Waals surface area (Å²) in [7, 11) is -1.51. The Hall–Kier alpha value is -1.70. The molecule has 1 aromatic carbocycles. The molecule has 0 N–H and O–H groups in total. The lowest BCUT2D eigenvalue weighted by Crippen LogP contribution is -2.30. The highest BCUT2D eigenvalue weighted by molar-refractivity contribution is 7.89. The first kappa shape index (κ1) is 17.1. The van der Waals surface area contributed by atoms with Crippen LogP contribution in [0.3, 0.4) is 0 Å². The van der Waals surface area contributed by atoms with Crippen LogP contribution in [0.15, 0.2) is 35.2 Å². The van der Waals surface area contributed by atoms with E-state index in [9.17, 15) is 8.42 Å². The van der Waals surface area contributed by atoms with Crippen molar-refractivity contribution in [3.8, 4) is 10.7 Å². The van der Waals surface area contributed by atoms with Crippen LogP contribution in [0.5, 0.6) is 0 Å². The number of hydrogen-bond donors (Lipinski definition) is 0. The highest BCUT2D eigenvalue weighted by Crippen LogP contribution is 2.30. The molecule has 3 rings (SSSR count). The molecule has 0 saturated heterocycles. The molecule has 0 radical (unpaired) electrons. The summed E-state index contributed by atoms with van der Waals surface area (Å²) in [5, 5.41) is 0. The lowest BCUT2D eigenvalue weighted by atomic mass is 10.3. The Kier molecular flexibility index (Phi) is 4.50. The molecular weight excluding hydrogens is 342 g/mol. The van der Waals surface area contributed by atoms with Crippen LogP contribution in [0.1, 0.15) is 18.7 Å². The maximum Gasteiger partial charge on any atom is 0.243 e. The largest absolute Gasteiger partial charge is 0.326 e. The third-order valence-corrected chi connectivity index (χ3v) is 7.20. The molecule has 0 bridgehead atoms. The van der Waals surface area contributed by atoms with Gasteiger partial charge in [0.25, 0.3) is 0 Å². The van der Waals surface area contributed by atoms with Crippen LogP contribution in [0.25, 0.3) is 21.7 Å². The van der Waals surface area contributed by atoms with Gasteiger partial charge in [-0.3, -0.25) is 0 Å². The molecule has 2 heterocycles. The van der Waals surface area contributed by atoms with Gasteiger partial charge in [-0.05, 0) is 37.3 Å². The van der Waals surface area contributed by atoms with Gasteiger partial charge >= 0.3 is 0 Å². The Morgan fingerprint density at radius 1 is 1.17 bits per heavy atom. The predicted molar refractivity (Wildman–Crippen MR) is 98.9 cm³/mol. The van der Waals surface area contributed by atoms with Crippen LogP contribution in [0.2, 0.25) is 0 Å². The minimum Gasteiger partial charge on any atom is -0.326 e. The topological polar surface area (TPSA) is 55.2 Å². The summed E-state index contributed by atoms with van der Waals surface area (Å²) in [6.45, 7) is 6.67. The first-order chi connectivity index (χ1) is 11.4. The standard InChI is InChI=1S/C17H21N3O2S2/c1-5-20(6-2)24(21,22)13-8-9-15-14(11-13)18-17(19(15)4)16-10-7-12(3)23-16/h7-11H,5-6H2,1-4H3. The molecule has 0 atom stereocenters. The first-order valence-corrected chi connectivity index (χ1v) is 10.2. The fraction of sp³-hybridized carbons (Fsp3) is 0.353. The Morgan fingerprint density at radius 3 is 2.46 bits per heavy atom. The molecule has 0 aliphatic heterocycles. The van der Waals surface area contributed by atoms with E-state index < -0.39 is 10.0 Å². The van der Waals surface area contributed by atoms with Gasteiger partial charge in [-0.2, -0.15) is 4.31 Å². The number of aryl methyl sites for hydroxylation is 2. The van der Waals surface area contributed by atoms with Crippen LogP contribution < -0.4 is 0 Å². The van der Waals surface area contributed by atoms with Gasteiger partial charge in [-0.1, -0.05) is 13.8 Å². The number of fused-ring (bicyclic) bond motifs is 1. The molecule has 7 heteroatoms. The maximum absolute atomic E-state index is 12.7. The third kappa shape index (κ3) is 2.76. The van der Waals surface area contributed by atoms with E-state index in [-0.39, 0.29) is 0 Å². The van der Waals surface area contributed by atoms with Crippen LogP contribution in [0.4, 0.5) is 0 Å². The fourth-order valence-corrected chi connectivity index (χ4v) is 5.20. The second kappa shape index (κ2) is 6.31. The number of sulfonamides is 1. The lowest BCUT2D eigenvalue weighted by Gasteiger charge is -2.18. The van der Waals surface area contributed by atoms with Gasteiger partial charge in [0.1, 0.15) is 0 Å². The van der Waals surface area contributed by atoms with Gasteiger partial charge < -0.3 is 4.57 Å². The molecule has 0 fully saturated rings. The number of imidazole rings is 1. The molecule has 2 aromatic heterocycles. The number of thiophene rings is 1. The number of rotatable bonds is 5. The number of aromatic nitrogens is 2. The summed E-state index contributed by atoms with van der Waals surface area (Å²) < 4.78 is 28.9. The number of nitrogens with zero attached hydrogens (tertiary/aromatic N) is 3. The number of benzene rings is 1. The summed E-state index contributed by atoms with van der Waals surface area (Å²) in [5.41, 5.74) is 1.63. The molecule has 3 aromatic rings. The van der Waals surface area contributed by atoms with E-state index in [1.165, 1.54) is 9.18 Å². The van der Waals surface area contributed by atoms with Crippen molar-refractivity contribution in [3.05, 3.63) is 35.2 Å². The van der Waals surface area contributed by atoms with E-state index in [4.69, 9.17) is 0 Å². The maximum atomic E-state index is 12.7. The molecule has 5 nitrogen and oxygen atoms in total. The van der Waals surface area contributed by atoms with Crippen molar-refractivity contribution in [2.45, 2.75) is 25.7 Å². The van der Waals surface area contributed by atoms with Crippen LogP contribution in [-0.4, -0.2) is 35.4 Å². The van der Waals surface area contributed by atoms with E-state index >= 15 is 0 Å². The molecule has 24 heavy (non-hydrogen) atoms. The Balaban J connectivity index is 2.13. The molecule has 0 amide bonds. The van der Waals surface area contributed by atoms with Crippen LogP contribution >= 0.6 is 11.3 Å². The third-order valence-electron chi connectivity index (χ3n) is 4.16. The Morgan fingerprint density at radius 2 is 1.88 bits per heavy atom. The second-order valence-corrected chi connectivity index (χ2v) is 8.87. The molecule has 0 saturated carbocycles. The minimum atomic E-state index is -3.47. The van der Waals surface area contributed by atoms with Crippen molar-refractivity contribution in [1.29, 1.82) is 0 Å². The smallest absolute Gasteiger partial charge is 0.243 e. The average molecular weight is 364 g/mol. The highest BCUT2D eigenvalue weighted by atomic mass is 32.2. The van der Waals surface area contributed by atoms with E-state index in [1.54, 1.807) is 23.5 Å². The zero-order valence-electron chi connectivity index (χ0n) is 14.3. The van der Waals surface area contributed by atoms with Crippen molar-refractivity contribution in [1.82, 2.24) is 13.9 Å². The van der Waals surface area contributed by atoms with Crippen molar-refractivity contribution in [2.75, 3.05) is 13.1 Å². The second-order valence-electron chi connectivity index (χ2n) is 5.64. The Labute approximate surface area is 146 Å². The fourth-order valence-electron chi connectivity index (χ4n) is 2.83. The van der Waals surface area contributed by atoms with Crippen molar-refractivity contribution in [3.63, 3.8) is 0 Å². The van der Waals surface area contributed by atoms with Gasteiger partial charge in [-0.15, -0.1) is 11.3 Å². The first-order valence-electron chi connectivity index (χ1n) is 7.92. The zero-order chi connectivity index (χ0) is 17.5. The Bertz CT molecular complexity index is 983. The zero-order valence-corrected chi connectivity index (χ0v) is 15.9. The molecule has 0 unspecified atom stereocenters. The van der Waals surface area contributed by atoms with E-state index in [1.807, 2.05) is 31.5 Å². The normalized spacial score (nSPS) is 12.4. The summed E-state index contributed by atoms with van der Waals surface area (Å²) in [6.07, 6.45) is 0. The molecule has 0 aliphatic rings. The van der Waals surface area contributed by atoms with Gasteiger partial charge in [0.05, 0.1) is 20.8 Å². The van der Waals surface area contributed by atoms with E-state index in [0.717, 1.165) is 16.2 Å². The van der Waals surface area contributed by atoms with E-state index in [2.05, 4.69) is 24.0 Å². The van der Waals surface area contributed by atoms with E-state index in [0.29, 0.717) is 23.5 Å². The quantitative estimate of drug-likeness (QED) is 0.695. The van der Waals surface area contributed by atoms with Gasteiger partial charge in [-0.25, -0.2) is 13.4 Å². The summed E-state index contributed by atoms with van der Waals surface area (Å²) >= 11 is 1.68. The van der Waals surface area contributed by atoms with Gasteiger partial charge in [0.2, 0.25) is 10.0 Å². The van der Waals surface area contributed by atoms with Crippen LogP contribution in [-0.2, 0) is 17.1 Å². The lowest BCUT2D eigenvalue weighted by molar-refractivity contribution is 0.445. The molecule has 0 spiro atoms. The van der Waals surface area contributed by atoms with Crippen molar-refractivity contribution < 1.29 is 8.42 Å². The predicted octanol–water partition coefficient (Wildman–Crippen LogP) is 3.64. The van der Waals surface area contributed by atoms with Crippen LogP contribution in [0, 0.1) is 6.92 Å². The molecule has 0 aliphatic carbocycles. The highest BCUT2D eigenvalue weighted by Gasteiger charge is 2.23. The molecular formula is C17H21N3O2S2. The van der Waals surface area contributed by atoms with Crippen molar-refractivity contribution in [2.24, 2.45) is 7.05 Å². The monoisotopic (exact) mass is 363 g/mol. The number of hydrogen-bond acceptors (Lipinski definition) is 4. The summed E-state index contributed by atoms with van der Waals surface area (Å²) in [5.74, 6) is 0.862. The van der Waals surface area contributed by atoms with Gasteiger partial charge in [0, 0.05) is 25.0 Å². The minimum absolute atomic E-state index is 0.297. The average Bonchev–Trinajstić information content (AvgIpc) is 3.12. The summed E-state index contributed by atoms with van der Waals surface area (Å²) in [6, 6.07) is 9.29. The molecule has 128 valence electrons.